The number of allylic oxidation sites excluding steroid dienone is 1. The van der Waals surface area contributed by atoms with E-state index in [0.29, 0.717) is 11.3 Å². The molecule has 0 spiro atoms. The standard InChI is InChI=1S/C16H15N3O/c1-13(9-10-14-6-3-2-4-7-14)18-19-16(20)15-8-5-11-17-12-15/h2-12H,1H3,(H,19,20)/b10-9+,18-13+. The topological polar surface area (TPSA) is 54.4 Å². The van der Waals surface area contributed by atoms with Gasteiger partial charge in [-0.05, 0) is 30.7 Å². The van der Waals surface area contributed by atoms with E-state index in [-0.39, 0.29) is 5.91 Å². The first-order valence-electron chi connectivity index (χ1n) is 6.23. The molecule has 0 fully saturated rings. The molecule has 0 saturated heterocycles. The molecule has 100 valence electrons. The molecule has 0 radical (unpaired) electrons. The summed E-state index contributed by atoms with van der Waals surface area (Å²) in [7, 11) is 0. The minimum absolute atomic E-state index is 0.273. The van der Waals surface area contributed by atoms with Gasteiger partial charge in [0, 0.05) is 12.4 Å². The van der Waals surface area contributed by atoms with E-state index in [4.69, 9.17) is 0 Å². The molecule has 1 N–H and O–H groups in total. The maximum atomic E-state index is 11.7. The number of carbonyl (C=O) groups excluding carboxylic acids is 1. The lowest BCUT2D eigenvalue weighted by molar-refractivity contribution is 0.0954. The average Bonchev–Trinajstić information content (AvgIpc) is 2.52. The Hall–Kier alpha value is -2.75. The summed E-state index contributed by atoms with van der Waals surface area (Å²) in [6, 6.07) is 13.3. The van der Waals surface area contributed by atoms with Gasteiger partial charge in [-0.2, -0.15) is 5.10 Å². The van der Waals surface area contributed by atoms with Gasteiger partial charge in [0.05, 0.1) is 11.3 Å². The Morgan fingerprint density at radius 1 is 1.20 bits per heavy atom. The van der Waals surface area contributed by atoms with Crippen molar-refractivity contribution in [3.05, 3.63) is 72.1 Å². The number of amides is 1. The smallest absolute Gasteiger partial charge is 0.267 e. The van der Waals surface area contributed by atoms with Crippen LogP contribution in [0.5, 0.6) is 0 Å². The van der Waals surface area contributed by atoms with Crippen molar-refractivity contribution >= 4 is 17.7 Å². The number of carbonyl (C=O) groups is 1. The molecule has 1 amide bonds. The van der Waals surface area contributed by atoms with Gasteiger partial charge < -0.3 is 0 Å². The maximum Gasteiger partial charge on any atom is 0.272 e. The zero-order valence-corrected chi connectivity index (χ0v) is 11.2. The third kappa shape index (κ3) is 4.17. The summed E-state index contributed by atoms with van der Waals surface area (Å²) in [6.07, 6.45) is 6.90. The minimum Gasteiger partial charge on any atom is -0.267 e. The van der Waals surface area contributed by atoms with Crippen LogP contribution in [-0.4, -0.2) is 16.6 Å². The van der Waals surface area contributed by atoms with Crippen LogP contribution in [0.4, 0.5) is 0 Å². The van der Waals surface area contributed by atoms with Crippen molar-refractivity contribution in [2.24, 2.45) is 5.10 Å². The number of hydrogen-bond donors (Lipinski definition) is 1. The summed E-state index contributed by atoms with van der Waals surface area (Å²) in [6.45, 7) is 1.82. The molecule has 0 atom stereocenters. The third-order valence-electron chi connectivity index (χ3n) is 2.57. The SMILES string of the molecule is CC(/C=C/c1ccccc1)=N\NC(=O)c1cccnc1. The number of aromatic nitrogens is 1. The monoisotopic (exact) mass is 265 g/mol. The first kappa shape index (κ1) is 13.7. The molecule has 20 heavy (non-hydrogen) atoms. The van der Waals surface area contributed by atoms with Gasteiger partial charge in [0.15, 0.2) is 0 Å². The Morgan fingerprint density at radius 2 is 2.00 bits per heavy atom. The van der Waals surface area contributed by atoms with E-state index >= 15 is 0 Å². The largest absolute Gasteiger partial charge is 0.272 e. The highest BCUT2D eigenvalue weighted by Crippen LogP contribution is 2.01. The second-order valence-corrected chi connectivity index (χ2v) is 4.18. The van der Waals surface area contributed by atoms with Gasteiger partial charge in [-0.25, -0.2) is 5.43 Å². The lowest BCUT2D eigenvalue weighted by Gasteiger charge is -1.99. The van der Waals surface area contributed by atoms with E-state index in [1.165, 1.54) is 6.20 Å². The molecule has 0 bridgehead atoms. The molecule has 1 heterocycles. The van der Waals surface area contributed by atoms with Crippen molar-refractivity contribution in [2.75, 3.05) is 0 Å². The summed E-state index contributed by atoms with van der Waals surface area (Å²) in [5, 5.41) is 4.02. The second-order valence-electron chi connectivity index (χ2n) is 4.18. The zero-order valence-electron chi connectivity index (χ0n) is 11.2. The van der Waals surface area contributed by atoms with Crippen LogP contribution in [0.2, 0.25) is 0 Å². The van der Waals surface area contributed by atoms with E-state index in [1.807, 2.05) is 49.4 Å². The molecule has 4 nitrogen and oxygen atoms in total. The molecule has 4 heteroatoms. The number of nitrogens with one attached hydrogen (secondary N) is 1. The van der Waals surface area contributed by atoms with Gasteiger partial charge in [0.25, 0.3) is 5.91 Å². The minimum atomic E-state index is -0.273. The molecular weight excluding hydrogens is 250 g/mol. The molecule has 0 unspecified atom stereocenters. The summed E-state index contributed by atoms with van der Waals surface area (Å²) in [4.78, 5) is 15.6. The highest BCUT2D eigenvalue weighted by atomic mass is 16.2. The van der Waals surface area contributed by atoms with Crippen molar-refractivity contribution in [3.8, 4) is 0 Å². The Bertz CT molecular complexity index is 619. The normalized spacial score (nSPS) is 11.6. The first-order chi connectivity index (χ1) is 9.75. The zero-order chi connectivity index (χ0) is 14.2. The molecular formula is C16H15N3O. The number of nitrogens with zero attached hydrogens (tertiary/aromatic N) is 2. The van der Waals surface area contributed by atoms with Crippen molar-refractivity contribution in [1.82, 2.24) is 10.4 Å². The Morgan fingerprint density at radius 3 is 2.70 bits per heavy atom. The highest BCUT2D eigenvalue weighted by Gasteiger charge is 2.02. The Labute approximate surface area is 117 Å². The third-order valence-corrected chi connectivity index (χ3v) is 2.57. The predicted octanol–water partition coefficient (Wildman–Crippen LogP) is 2.90. The number of hydrazone groups is 1. The molecule has 0 aliphatic rings. The van der Waals surface area contributed by atoms with Crippen LogP contribution in [0.1, 0.15) is 22.8 Å². The van der Waals surface area contributed by atoms with Crippen LogP contribution < -0.4 is 5.43 Å². The lowest BCUT2D eigenvalue weighted by atomic mass is 10.2. The lowest BCUT2D eigenvalue weighted by Crippen LogP contribution is -2.18. The highest BCUT2D eigenvalue weighted by molar-refractivity contribution is 5.99. The maximum absolute atomic E-state index is 11.7. The Kier molecular flexibility index (Phi) is 4.78. The van der Waals surface area contributed by atoms with E-state index in [2.05, 4.69) is 15.5 Å². The molecule has 2 rings (SSSR count). The van der Waals surface area contributed by atoms with Crippen molar-refractivity contribution < 1.29 is 4.79 Å². The molecule has 0 aliphatic heterocycles. The quantitative estimate of drug-likeness (QED) is 0.682. The first-order valence-corrected chi connectivity index (χ1v) is 6.23. The summed E-state index contributed by atoms with van der Waals surface area (Å²) in [5.41, 5.74) is 4.77. The number of pyridine rings is 1. The van der Waals surface area contributed by atoms with Crippen molar-refractivity contribution in [2.45, 2.75) is 6.92 Å². The average molecular weight is 265 g/mol. The van der Waals surface area contributed by atoms with Gasteiger partial charge >= 0.3 is 0 Å². The fraction of sp³-hybridized carbons (Fsp3) is 0.0625. The Balaban J connectivity index is 1.95. The second kappa shape index (κ2) is 6.99. The summed E-state index contributed by atoms with van der Waals surface area (Å²) < 4.78 is 0. The summed E-state index contributed by atoms with van der Waals surface area (Å²) in [5.74, 6) is -0.273. The van der Waals surface area contributed by atoms with Crippen LogP contribution in [0.15, 0.2) is 66.0 Å². The van der Waals surface area contributed by atoms with Crippen LogP contribution in [0.25, 0.3) is 6.08 Å². The fourth-order valence-corrected chi connectivity index (χ4v) is 1.52. The van der Waals surface area contributed by atoms with E-state index in [0.717, 1.165) is 5.56 Å². The number of hydrogen-bond acceptors (Lipinski definition) is 3. The van der Waals surface area contributed by atoms with Crippen molar-refractivity contribution in [1.29, 1.82) is 0 Å². The molecule has 1 aromatic carbocycles. The molecule has 0 aliphatic carbocycles. The van der Waals surface area contributed by atoms with Gasteiger partial charge in [0.1, 0.15) is 0 Å². The molecule has 0 saturated carbocycles. The van der Waals surface area contributed by atoms with Crippen LogP contribution >= 0.6 is 0 Å². The van der Waals surface area contributed by atoms with Gasteiger partial charge in [-0.1, -0.05) is 36.4 Å². The van der Waals surface area contributed by atoms with Crippen LogP contribution in [-0.2, 0) is 0 Å². The molecule has 1 aromatic heterocycles. The number of rotatable bonds is 4. The summed E-state index contributed by atoms with van der Waals surface area (Å²) >= 11 is 0. The van der Waals surface area contributed by atoms with E-state index < -0.39 is 0 Å². The fourth-order valence-electron chi connectivity index (χ4n) is 1.52. The predicted molar refractivity (Wildman–Crippen MR) is 80.3 cm³/mol. The van der Waals surface area contributed by atoms with Gasteiger partial charge in [0.2, 0.25) is 0 Å². The van der Waals surface area contributed by atoms with E-state index in [9.17, 15) is 4.79 Å². The van der Waals surface area contributed by atoms with Crippen molar-refractivity contribution in [3.63, 3.8) is 0 Å². The number of benzene rings is 1. The van der Waals surface area contributed by atoms with Crippen LogP contribution in [0.3, 0.4) is 0 Å². The molecule has 2 aromatic rings. The van der Waals surface area contributed by atoms with Crippen LogP contribution in [0, 0.1) is 0 Å². The van der Waals surface area contributed by atoms with E-state index in [1.54, 1.807) is 18.3 Å². The van der Waals surface area contributed by atoms with Gasteiger partial charge in [-0.3, -0.25) is 9.78 Å². The van der Waals surface area contributed by atoms with Gasteiger partial charge in [-0.15, -0.1) is 0 Å².